The average Bonchev–Trinajstić information content (AvgIpc) is 2.86. The number of nitrogens with two attached hydrogens (primary N) is 1. The lowest BCUT2D eigenvalue weighted by molar-refractivity contribution is -0.144. The van der Waals surface area contributed by atoms with Gasteiger partial charge < -0.3 is 10.5 Å². The summed E-state index contributed by atoms with van der Waals surface area (Å²) in [7, 11) is 0. The van der Waals surface area contributed by atoms with Crippen LogP contribution in [0.25, 0.3) is 0 Å². The first-order chi connectivity index (χ1) is 9.19. The molecule has 0 atom stereocenters. The second-order valence-corrected chi connectivity index (χ2v) is 4.07. The number of aromatic nitrogens is 3. The SMILES string of the molecule is CCn1ncnc1COC(=O)Cc1ccc(N)cc1. The molecule has 0 spiro atoms. The molecule has 0 aliphatic rings. The molecule has 0 radical (unpaired) electrons. The summed E-state index contributed by atoms with van der Waals surface area (Å²) >= 11 is 0. The van der Waals surface area contributed by atoms with E-state index in [4.69, 9.17) is 10.5 Å². The molecule has 0 fully saturated rings. The third-order valence-corrected chi connectivity index (χ3v) is 2.69. The Morgan fingerprint density at radius 1 is 1.37 bits per heavy atom. The maximum atomic E-state index is 11.7. The van der Waals surface area contributed by atoms with Crippen molar-refractivity contribution in [1.82, 2.24) is 14.8 Å². The molecule has 100 valence electrons. The third-order valence-electron chi connectivity index (χ3n) is 2.69. The Morgan fingerprint density at radius 2 is 2.11 bits per heavy atom. The van der Waals surface area contributed by atoms with Crippen LogP contribution < -0.4 is 5.73 Å². The van der Waals surface area contributed by atoms with Crippen LogP contribution in [-0.2, 0) is 29.1 Å². The zero-order chi connectivity index (χ0) is 13.7. The highest BCUT2D eigenvalue weighted by atomic mass is 16.5. The van der Waals surface area contributed by atoms with E-state index in [1.54, 1.807) is 16.8 Å². The van der Waals surface area contributed by atoms with E-state index in [9.17, 15) is 4.79 Å². The second-order valence-electron chi connectivity index (χ2n) is 4.07. The maximum absolute atomic E-state index is 11.7. The molecule has 1 aromatic carbocycles. The average molecular weight is 260 g/mol. The highest BCUT2D eigenvalue weighted by molar-refractivity contribution is 5.72. The summed E-state index contributed by atoms with van der Waals surface area (Å²) in [6.45, 7) is 2.79. The van der Waals surface area contributed by atoms with Crippen LogP contribution in [0.3, 0.4) is 0 Å². The van der Waals surface area contributed by atoms with Crippen LogP contribution in [0.5, 0.6) is 0 Å². The van der Waals surface area contributed by atoms with E-state index in [1.165, 1.54) is 6.33 Å². The predicted octanol–water partition coefficient (Wildman–Crippen LogP) is 1.17. The number of aryl methyl sites for hydroxylation is 1. The van der Waals surface area contributed by atoms with Crippen LogP contribution in [0.1, 0.15) is 18.3 Å². The van der Waals surface area contributed by atoms with Crippen LogP contribution in [-0.4, -0.2) is 20.7 Å². The molecular weight excluding hydrogens is 244 g/mol. The van der Waals surface area contributed by atoms with Crippen LogP contribution in [0.4, 0.5) is 5.69 Å². The summed E-state index contributed by atoms with van der Waals surface area (Å²) in [5.74, 6) is 0.351. The van der Waals surface area contributed by atoms with E-state index in [0.717, 1.165) is 5.56 Å². The van der Waals surface area contributed by atoms with Gasteiger partial charge in [-0.15, -0.1) is 0 Å². The fraction of sp³-hybridized carbons (Fsp3) is 0.308. The zero-order valence-electron chi connectivity index (χ0n) is 10.7. The lowest BCUT2D eigenvalue weighted by atomic mass is 10.1. The standard InChI is InChI=1S/C13H16N4O2/c1-2-17-12(15-9-16-17)8-19-13(18)7-10-3-5-11(14)6-4-10/h3-6,9H,2,7-8,14H2,1H3. The molecule has 0 bridgehead atoms. The first-order valence-electron chi connectivity index (χ1n) is 6.05. The van der Waals surface area contributed by atoms with Gasteiger partial charge in [-0.3, -0.25) is 4.79 Å². The quantitative estimate of drug-likeness (QED) is 0.644. The summed E-state index contributed by atoms with van der Waals surface area (Å²) in [5.41, 5.74) is 7.12. The van der Waals surface area contributed by atoms with E-state index in [2.05, 4.69) is 10.1 Å². The fourth-order valence-electron chi connectivity index (χ4n) is 1.66. The Labute approximate surface area is 111 Å². The van der Waals surface area contributed by atoms with E-state index in [1.807, 2.05) is 19.1 Å². The monoisotopic (exact) mass is 260 g/mol. The molecule has 1 aromatic heterocycles. The van der Waals surface area contributed by atoms with Gasteiger partial charge in [0.2, 0.25) is 0 Å². The van der Waals surface area contributed by atoms with Crippen molar-refractivity contribution in [3.63, 3.8) is 0 Å². The van der Waals surface area contributed by atoms with Crippen LogP contribution in [0, 0.1) is 0 Å². The molecule has 2 aromatic rings. The Bertz CT molecular complexity index is 548. The Balaban J connectivity index is 1.86. The van der Waals surface area contributed by atoms with Gasteiger partial charge in [0.15, 0.2) is 12.4 Å². The predicted molar refractivity (Wildman–Crippen MR) is 70.1 cm³/mol. The van der Waals surface area contributed by atoms with Crippen molar-refractivity contribution in [1.29, 1.82) is 0 Å². The van der Waals surface area contributed by atoms with Gasteiger partial charge in [0.25, 0.3) is 0 Å². The minimum absolute atomic E-state index is 0.141. The van der Waals surface area contributed by atoms with Gasteiger partial charge in [-0.2, -0.15) is 5.10 Å². The van der Waals surface area contributed by atoms with Crippen molar-refractivity contribution in [3.05, 3.63) is 42.0 Å². The number of ether oxygens (including phenoxy) is 1. The largest absolute Gasteiger partial charge is 0.457 e. The van der Waals surface area contributed by atoms with Gasteiger partial charge in [0, 0.05) is 12.2 Å². The fourth-order valence-corrected chi connectivity index (χ4v) is 1.66. The molecule has 0 aliphatic carbocycles. The molecule has 2 N–H and O–H groups in total. The Morgan fingerprint density at radius 3 is 2.79 bits per heavy atom. The van der Waals surface area contributed by atoms with E-state index < -0.39 is 0 Å². The normalized spacial score (nSPS) is 10.4. The van der Waals surface area contributed by atoms with Crippen molar-refractivity contribution in [2.75, 3.05) is 5.73 Å². The number of rotatable bonds is 5. The van der Waals surface area contributed by atoms with Crippen molar-refractivity contribution in [3.8, 4) is 0 Å². The molecular formula is C13H16N4O2. The van der Waals surface area contributed by atoms with E-state index in [-0.39, 0.29) is 19.0 Å². The molecule has 0 saturated heterocycles. The number of hydrogen-bond donors (Lipinski definition) is 1. The van der Waals surface area contributed by atoms with Crippen LogP contribution in [0.2, 0.25) is 0 Å². The number of nitrogen functional groups attached to an aromatic ring is 1. The molecule has 19 heavy (non-hydrogen) atoms. The zero-order valence-corrected chi connectivity index (χ0v) is 10.7. The second kappa shape index (κ2) is 5.99. The highest BCUT2D eigenvalue weighted by Gasteiger charge is 2.08. The van der Waals surface area contributed by atoms with Gasteiger partial charge in [0.05, 0.1) is 6.42 Å². The third kappa shape index (κ3) is 3.54. The van der Waals surface area contributed by atoms with Gasteiger partial charge in [-0.25, -0.2) is 9.67 Å². The van der Waals surface area contributed by atoms with E-state index >= 15 is 0 Å². The lowest BCUT2D eigenvalue weighted by Crippen LogP contribution is -2.11. The Kier molecular flexibility index (Phi) is 4.12. The van der Waals surface area contributed by atoms with Gasteiger partial charge in [-0.1, -0.05) is 12.1 Å². The Hall–Kier alpha value is -2.37. The molecule has 0 aliphatic heterocycles. The van der Waals surface area contributed by atoms with Crippen molar-refractivity contribution in [2.24, 2.45) is 0 Å². The van der Waals surface area contributed by atoms with Crippen molar-refractivity contribution in [2.45, 2.75) is 26.5 Å². The summed E-state index contributed by atoms with van der Waals surface area (Å²) in [6, 6.07) is 7.14. The van der Waals surface area contributed by atoms with Gasteiger partial charge in [-0.05, 0) is 24.6 Å². The van der Waals surface area contributed by atoms with E-state index in [0.29, 0.717) is 18.1 Å². The molecule has 0 unspecified atom stereocenters. The summed E-state index contributed by atoms with van der Waals surface area (Å²) in [4.78, 5) is 15.7. The van der Waals surface area contributed by atoms with Crippen molar-refractivity contribution < 1.29 is 9.53 Å². The molecule has 2 rings (SSSR count). The minimum Gasteiger partial charge on any atom is -0.457 e. The topological polar surface area (TPSA) is 83.0 Å². The smallest absolute Gasteiger partial charge is 0.310 e. The number of carbonyl (C=O) groups excluding carboxylic acids is 1. The lowest BCUT2D eigenvalue weighted by Gasteiger charge is -2.05. The first kappa shape index (κ1) is 13.1. The minimum atomic E-state index is -0.296. The van der Waals surface area contributed by atoms with Gasteiger partial charge in [0.1, 0.15) is 6.33 Å². The number of hydrogen-bond acceptors (Lipinski definition) is 5. The van der Waals surface area contributed by atoms with Crippen LogP contribution >= 0.6 is 0 Å². The van der Waals surface area contributed by atoms with Crippen molar-refractivity contribution >= 4 is 11.7 Å². The molecule has 6 heteroatoms. The maximum Gasteiger partial charge on any atom is 0.310 e. The van der Waals surface area contributed by atoms with Crippen LogP contribution in [0.15, 0.2) is 30.6 Å². The number of esters is 1. The van der Waals surface area contributed by atoms with Gasteiger partial charge >= 0.3 is 5.97 Å². The molecule has 0 amide bonds. The molecule has 1 heterocycles. The highest BCUT2D eigenvalue weighted by Crippen LogP contribution is 2.07. The first-order valence-corrected chi connectivity index (χ1v) is 6.05. The number of benzene rings is 1. The summed E-state index contributed by atoms with van der Waals surface area (Å²) < 4.78 is 6.86. The summed E-state index contributed by atoms with van der Waals surface area (Å²) in [5, 5.41) is 4.01. The summed E-state index contributed by atoms with van der Waals surface area (Å²) in [6.07, 6.45) is 1.67. The molecule has 6 nitrogen and oxygen atoms in total. The number of nitrogens with zero attached hydrogens (tertiary/aromatic N) is 3. The number of anilines is 1. The number of carbonyl (C=O) groups is 1. The molecule has 0 saturated carbocycles.